The molecule has 174 valence electrons. The molecule has 2 aliphatic heterocycles. The maximum Gasteiger partial charge on any atom is 0.256 e. The van der Waals surface area contributed by atoms with E-state index in [0.717, 1.165) is 16.8 Å². The number of halogens is 2. The molecule has 1 amide bonds. The number of aromatic nitrogens is 1. The number of nitrogens with zero attached hydrogens (tertiary/aromatic N) is 2. The maximum atomic E-state index is 14.5. The van der Waals surface area contributed by atoms with Gasteiger partial charge in [-0.1, -0.05) is 17.7 Å². The molecule has 6 nitrogen and oxygen atoms in total. The first-order valence-electron chi connectivity index (χ1n) is 11.0. The highest BCUT2D eigenvalue weighted by molar-refractivity contribution is 6.31. The van der Waals surface area contributed by atoms with E-state index in [1.807, 2.05) is 31.2 Å². The first kappa shape index (κ1) is 22.3. The van der Waals surface area contributed by atoms with E-state index < -0.39 is 11.7 Å². The van der Waals surface area contributed by atoms with Gasteiger partial charge >= 0.3 is 0 Å². The van der Waals surface area contributed by atoms with Gasteiger partial charge in [-0.05, 0) is 37.3 Å². The number of Topliss-reactive ketones (excluding diaryl/α,β-unsaturated/α-hetero) is 1. The van der Waals surface area contributed by atoms with Crippen LogP contribution in [-0.2, 0) is 11.2 Å². The van der Waals surface area contributed by atoms with Crippen LogP contribution >= 0.6 is 11.6 Å². The van der Waals surface area contributed by atoms with E-state index in [1.165, 1.54) is 12.1 Å². The summed E-state index contributed by atoms with van der Waals surface area (Å²) in [5.74, 6) is -0.00464. The van der Waals surface area contributed by atoms with Crippen LogP contribution in [0.3, 0.4) is 0 Å². The van der Waals surface area contributed by atoms with Crippen molar-refractivity contribution in [1.82, 2.24) is 9.88 Å². The summed E-state index contributed by atoms with van der Waals surface area (Å²) in [5.41, 5.74) is 3.17. The Kier molecular flexibility index (Phi) is 5.96. The van der Waals surface area contributed by atoms with Crippen LogP contribution in [0.25, 0.3) is 11.1 Å². The number of fused-ring (bicyclic) bond motifs is 1. The number of amides is 1. The molecule has 0 radical (unpaired) electrons. The fourth-order valence-electron chi connectivity index (χ4n) is 4.16. The highest BCUT2D eigenvalue weighted by Gasteiger charge is 2.34. The van der Waals surface area contributed by atoms with Gasteiger partial charge < -0.3 is 14.4 Å². The van der Waals surface area contributed by atoms with Crippen molar-refractivity contribution in [3.8, 4) is 22.6 Å². The van der Waals surface area contributed by atoms with Crippen LogP contribution < -0.4 is 9.47 Å². The van der Waals surface area contributed by atoms with Crippen molar-refractivity contribution in [3.63, 3.8) is 0 Å². The van der Waals surface area contributed by atoms with E-state index in [0.29, 0.717) is 41.8 Å². The van der Waals surface area contributed by atoms with Gasteiger partial charge in [0.05, 0.1) is 12.2 Å². The molecule has 8 heteroatoms. The molecule has 0 saturated carbocycles. The molecule has 0 aliphatic carbocycles. The van der Waals surface area contributed by atoms with Crippen molar-refractivity contribution in [3.05, 3.63) is 76.3 Å². The summed E-state index contributed by atoms with van der Waals surface area (Å²) >= 11 is 6.20. The maximum absolute atomic E-state index is 14.5. The van der Waals surface area contributed by atoms with Crippen LogP contribution in [-0.4, -0.2) is 47.9 Å². The second kappa shape index (κ2) is 9.06. The Labute approximate surface area is 201 Å². The zero-order valence-electron chi connectivity index (χ0n) is 18.5. The summed E-state index contributed by atoms with van der Waals surface area (Å²) in [4.78, 5) is 30.4. The first-order valence-corrected chi connectivity index (χ1v) is 11.4. The average Bonchev–Trinajstić information content (AvgIpc) is 2.79. The topological polar surface area (TPSA) is 68.7 Å². The highest BCUT2D eigenvalue weighted by Crippen LogP contribution is 2.34. The Morgan fingerprint density at radius 2 is 2.06 bits per heavy atom. The number of aryl methyl sites for hydroxylation is 1. The number of ether oxygens (including phenoxy) is 2. The van der Waals surface area contributed by atoms with E-state index in [-0.39, 0.29) is 30.3 Å². The number of carbonyl (C=O) groups is 2. The van der Waals surface area contributed by atoms with Crippen molar-refractivity contribution >= 4 is 23.3 Å². The van der Waals surface area contributed by atoms with E-state index in [2.05, 4.69) is 4.98 Å². The summed E-state index contributed by atoms with van der Waals surface area (Å²) < 4.78 is 25.8. The zero-order valence-corrected chi connectivity index (χ0v) is 19.3. The number of hydrogen-bond donors (Lipinski definition) is 0. The Hall–Kier alpha value is -3.45. The average molecular weight is 481 g/mol. The molecule has 34 heavy (non-hydrogen) atoms. The molecule has 1 fully saturated rings. The predicted octanol–water partition coefficient (Wildman–Crippen LogP) is 4.50. The SMILES string of the molecule is Cc1ccc(-c2cc(Cl)ccc2OCC2CN(C(=O)c3cc4c(cc3F)OCC(=O)C4)C2)cn1. The normalized spacial score (nSPS) is 15.4. The minimum Gasteiger partial charge on any atom is -0.493 e. The van der Waals surface area contributed by atoms with Gasteiger partial charge in [0.25, 0.3) is 5.91 Å². The monoisotopic (exact) mass is 480 g/mol. The van der Waals surface area contributed by atoms with Crippen molar-refractivity contribution in [2.45, 2.75) is 13.3 Å². The molecule has 1 aromatic heterocycles. The number of pyridine rings is 1. The van der Waals surface area contributed by atoms with Crippen molar-refractivity contribution in [1.29, 1.82) is 0 Å². The largest absolute Gasteiger partial charge is 0.493 e. The molecular weight excluding hydrogens is 459 g/mol. The molecule has 0 atom stereocenters. The molecule has 0 spiro atoms. The highest BCUT2D eigenvalue weighted by atomic mass is 35.5. The molecule has 2 aromatic carbocycles. The van der Waals surface area contributed by atoms with Gasteiger partial charge in [-0.3, -0.25) is 14.6 Å². The Morgan fingerprint density at radius 1 is 1.24 bits per heavy atom. The van der Waals surface area contributed by atoms with Crippen molar-refractivity contribution in [2.24, 2.45) is 5.92 Å². The first-order chi connectivity index (χ1) is 16.4. The van der Waals surface area contributed by atoms with Crippen LogP contribution in [0, 0.1) is 18.7 Å². The van der Waals surface area contributed by atoms with Gasteiger partial charge in [0, 0.05) is 65.1 Å². The van der Waals surface area contributed by atoms with Gasteiger partial charge in [-0.15, -0.1) is 0 Å². The zero-order chi connectivity index (χ0) is 23.8. The molecule has 5 rings (SSSR count). The van der Waals surface area contributed by atoms with Crippen LogP contribution in [0.15, 0.2) is 48.7 Å². The van der Waals surface area contributed by atoms with E-state index >= 15 is 0 Å². The molecule has 2 aliphatic rings. The van der Waals surface area contributed by atoms with E-state index in [9.17, 15) is 14.0 Å². The molecule has 3 aromatic rings. The van der Waals surface area contributed by atoms with Gasteiger partial charge in [0.15, 0.2) is 5.78 Å². The number of likely N-dealkylation sites (tertiary alicyclic amines) is 1. The number of benzene rings is 2. The third-order valence-corrected chi connectivity index (χ3v) is 6.27. The summed E-state index contributed by atoms with van der Waals surface area (Å²) in [5, 5.41) is 0.600. The summed E-state index contributed by atoms with van der Waals surface area (Å²) in [7, 11) is 0. The molecule has 0 N–H and O–H groups in total. The summed E-state index contributed by atoms with van der Waals surface area (Å²) in [6.45, 7) is 3.18. The second-order valence-electron chi connectivity index (χ2n) is 8.66. The van der Waals surface area contributed by atoms with Crippen molar-refractivity contribution < 1.29 is 23.5 Å². The Bertz CT molecular complexity index is 1270. The third-order valence-electron chi connectivity index (χ3n) is 6.04. The smallest absolute Gasteiger partial charge is 0.256 e. The Balaban J connectivity index is 1.23. The van der Waals surface area contributed by atoms with Crippen LogP contribution in [0.2, 0.25) is 5.02 Å². The standard InChI is InChI=1S/C26H22ClFN2O4/c1-15-2-3-17(10-29-15)21-8-19(27)4-5-24(21)33-13-16-11-30(12-16)26(32)22-7-18-6-20(31)14-34-25(18)9-23(22)28/h2-5,7-10,16H,6,11-14H2,1H3. The molecule has 1 saturated heterocycles. The Morgan fingerprint density at radius 3 is 2.82 bits per heavy atom. The fourth-order valence-corrected chi connectivity index (χ4v) is 4.33. The van der Waals surface area contributed by atoms with Crippen LogP contribution in [0.1, 0.15) is 21.6 Å². The fraction of sp³-hybridized carbons (Fsp3) is 0.269. The number of carbonyl (C=O) groups excluding carboxylic acids is 2. The molecule has 0 unspecified atom stereocenters. The number of rotatable bonds is 5. The minimum absolute atomic E-state index is 0.0386. The minimum atomic E-state index is -0.643. The third kappa shape index (κ3) is 4.48. The summed E-state index contributed by atoms with van der Waals surface area (Å²) in [6, 6.07) is 12.0. The predicted molar refractivity (Wildman–Crippen MR) is 125 cm³/mol. The molecular formula is C26H22ClFN2O4. The lowest BCUT2D eigenvalue weighted by Crippen LogP contribution is -2.52. The molecule has 3 heterocycles. The molecule has 0 bridgehead atoms. The van der Waals surface area contributed by atoms with Gasteiger partial charge in [-0.25, -0.2) is 4.39 Å². The van der Waals surface area contributed by atoms with Gasteiger partial charge in [-0.2, -0.15) is 0 Å². The quantitative estimate of drug-likeness (QED) is 0.537. The second-order valence-corrected chi connectivity index (χ2v) is 9.10. The number of hydrogen-bond acceptors (Lipinski definition) is 5. The lowest BCUT2D eigenvalue weighted by Gasteiger charge is -2.39. The van der Waals surface area contributed by atoms with Gasteiger partial charge in [0.1, 0.15) is 23.9 Å². The lowest BCUT2D eigenvalue weighted by molar-refractivity contribution is -0.121. The van der Waals surface area contributed by atoms with Gasteiger partial charge in [0.2, 0.25) is 0 Å². The van der Waals surface area contributed by atoms with Crippen LogP contribution in [0.5, 0.6) is 11.5 Å². The van der Waals surface area contributed by atoms with E-state index in [1.54, 1.807) is 17.2 Å². The van der Waals surface area contributed by atoms with Crippen LogP contribution in [0.4, 0.5) is 4.39 Å². The lowest BCUT2D eigenvalue weighted by atomic mass is 9.97. The van der Waals surface area contributed by atoms with E-state index in [4.69, 9.17) is 21.1 Å². The van der Waals surface area contributed by atoms with Crippen molar-refractivity contribution in [2.75, 3.05) is 26.3 Å². The number of ketones is 1. The summed E-state index contributed by atoms with van der Waals surface area (Å²) in [6.07, 6.45) is 1.93.